The van der Waals surface area contributed by atoms with E-state index >= 15 is 0 Å². The Morgan fingerprint density at radius 2 is 1.94 bits per heavy atom. The van der Waals surface area contributed by atoms with Crippen LogP contribution in [0.1, 0.15) is 10.4 Å². The molecule has 0 saturated heterocycles. The van der Waals surface area contributed by atoms with Crippen molar-refractivity contribution in [3.05, 3.63) is 54.0 Å². The number of rotatable bonds is 2. The van der Waals surface area contributed by atoms with Gasteiger partial charge in [-0.05, 0) is 24.3 Å². The first kappa shape index (κ1) is 10.3. The zero-order chi connectivity index (χ0) is 11.5. The van der Waals surface area contributed by atoms with Crippen molar-refractivity contribution in [2.75, 3.05) is 0 Å². The lowest BCUT2D eigenvalue weighted by molar-refractivity contribution is 0.1000. The Bertz CT molecular complexity index is 523. The number of aromatic nitrogens is 1. The Morgan fingerprint density at radius 1 is 1.19 bits per heavy atom. The van der Waals surface area contributed by atoms with Crippen molar-refractivity contribution in [3.8, 4) is 11.3 Å². The second-order valence-electron chi connectivity index (χ2n) is 3.28. The normalized spacial score (nSPS) is 10.1. The van der Waals surface area contributed by atoms with Gasteiger partial charge in [0.1, 0.15) is 5.82 Å². The van der Waals surface area contributed by atoms with Crippen molar-refractivity contribution < 1.29 is 9.18 Å². The molecule has 2 rings (SSSR count). The molecule has 1 aromatic carbocycles. The highest BCUT2D eigenvalue weighted by atomic mass is 19.1. The molecule has 0 radical (unpaired) electrons. The molecule has 0 atom stereocenters. The van der Waals surface area contributed by atoms with E-state index in [9.17, 15) is 9.18 Å². The molecule has 1 amide bonds. The van der Waals surface area contributed by atoms with Crippen LogP contribution in [0, 0.1) is 5.82 Å². The fraction of sp³-hybridized carbons (Fsp3) is 0. The van der Waals surface area contributed by atoms with E-state index in [0.717, 1.165) is 0 Å². The lowest BCUT2D eigenvalue weighted by Crippen LogP contribution is -2.11. The van der Waals surface area contributed by atoms with Crippen molar-refractivity contribution in [1.82, 2.24) is 4.98 Å². The molecule has 80 valence electrons. The number of hydrogen-bond donors (Lipinski definition) is 1. The standard InChI is InChI=1S/C12H9FN2O/c13-10-4-2-1-3-9(10)11-6-5-8(7-15-11)12(14)16/h1-7H,(H2,14,16). The molecular formula is C12H9FN2O. The van der Waals surface area contributed by atoms with Gasteiger partial charge in [0.25, 0.3) is 0 Å². The molecule has 1 aromatic heterocycles. The predicted octanol–water partition coefficient (Wildman–Crippen LogP) is 1.99. The first-order valence-corrected chi connectivity index (χ1v) is 4.69. The third-order valence-electron chi connectivity index (χ3n) is 2.20. The first-order chi connectivity index (χ1) is 7.68. The number of carbonyl (C=O) groups excluding carboxylic acids is 1. The molecule has 0 saturated carbocycles. The largest absolute Gasteiger partial charge is 0.366 e. The number of nitrogens with two attached hydrogens (primary N) is 1. The van der Waals surface area contributed by atoms with Gasteiger partial charge in [-0.15, -0.1) is 0 Å². The lowest BCUT2D eigenvalue weighted by atomic mass is 10.1. The molecule has 3 nitrogen and oxygen atoms in total. The molecule has 1 heterocycles. The first-order valence-electron chi connectivity index (χ1n) is 4.69. The highest BCUT2D eigenvalue weighted by molar-refractivity contribution is 5.92. The Morgan fingerprint density at radius 3 is 2.50 bits per heavy atom. The Kier molecular flexibility index (Phi) is 2.64. The van der Waals surface area contributed by atoms with Crippen LogP contribution in [-0.4, -0.2) is 10.9 Å². The Balaban J connectivity index is 2.43. The van der Waals surface area contributed by atoms with Crippen LogP contribution in [0.15, 0.2) is 42.6 Å². The summed E-state index contributed by atoms with van der Waals surface area (Å²) in [6.45, 7) is 0. The summed E-state index contributed by atoms with van der Waals surface area (Å²) >= 11 is 0. The zero-order valence-electron chi connectivity index (χ0n) is 8.35. The van der Waals surface area contributed by atoms with Crippen LogP contribution < -0.4 is 5.73 Å². The van der Waals surface area contributed by atoms with Gasteiger partial charge < -0.3 is 5.73 Å². The molecule has 0 bridgehead atoms. The van der Waals surface area contributed by atoms with Gasteiger partial charge in [-0.25, -0.2) is 4.39 Å². The number of nitrogens with zero attached hydrogens (tertiary/aromatic N) is 1. The van der Waals surface area contributed by atoms with Gasteiger partial charge in [-0.3, -0.25) is 9.78 Å². The lowest BCUT2D eigenvalue weighted by Gasteiger charge is -2.02. The second kappa shape index (κ2) is 4.10. The van der Waals surface area contributed by atoms with Gasteiger partial charge in [0.2, 0.25) is 5.91 Å². The minimum Gasteiger partial charge on any atom is -0.366 e. The summed E-state index contributed by atoms with van der Waals surface area (Å²) in [5.74, 6) is -0.894. The van der Waals surface area contributed by atoms with Crippen LogP contribution in [0.4, 0.5) is 4.39 Å². The monoisotopic (exact) mass is 216 g/mol. The van der Waals surface area contributed by atoms with Gasteiger partial charge in [0.15, 0.2) is 0 Å². The summed E-state index contributed by atoms with van der Waals surface area (Å²) in [5.41, 5.74) is 6.26. The average molecular weight is 216 g/mol. The van der Waals surface area contributed by atoms with Crippen molar-refractivity contribution in [2.45, 2.75) is 0 Å². The van der Waals surface area contributed by atoms with Gasteiger partial charge in [0, 0.05) is 11.8 Å². The van der Waals surface area contributed by atoms with Crippen LogP contribution in [0.3, 0.4) is 0 Å². The molecule has 0 aliphatic rings. The highest BCUT2D eigenvalue weighted by Crippen LogP contribution is 2.20. The van der Waals surface area contributed by atoms with Gasteiger partial charge in [-0.1, -0.05) is 12.1 Å². The Hall–Kier alpha value is -2.23. The van der Waals surface area contributed by atoms with Crippen LogP contribution in [0.25, 0.3) is 11.3 Å². The fourth-order valence-electron chi connectivity index (χ4n) is 1.37. The van der Waals surface area contributed by atoms with Crippen LogP contribution in [0.5, 0.6) is 0 Å². The maximum Gasteiger partial charge on any atom is 0.250 e. The molecule has 16 heavy (non-hydrogen) atoms. The molecule has 4 heteroatoms. The zero-order valence-corrected chi connectivity index (χ0v) is 8.35. The smallest absolute Gasteiger partial charge is 0.250 e. The van der Waals surface area contributed by atoms with Crippen molar-refractivity contribution in [1.29, 1.82) is 0 Å². The van der Waals surface area contributed by atoms with Gasteiger partial charge >= 0.3 is 0 Å². The molecule has 2 N–H and O–H groups in total. The number of primary amides is 1. The molecule has 0 fully saturated rings. The molecule has 0 unspecified atom stereocenters. The summed E-state index contributed by atoms with van der Waals surface area (Å²) < 4.78 is 13.4. The molecular weight excluding hydrogens is 207 g/mol. The van der Waals surface area contributed by atoms with Crippen LogP contribution in [0.2, 0.25) is 0 Å². The van der Waals surface area contributed by atoms with E-state index in [0.29, 0.717) is 16.8 Å². The maximum absolute atomic E-state index is 13.4. The molecule has 2 aromatic rings. The SMILES string of the molecule is NC(=O)c1ccc(-c2ccccc2F)nc1. The van der Waals surface area contributed by atoms with Crippen molar-refractivity contribution >= 4 is 5.91 Å². The van der Waals surface area contributed by atoms with E-state index in [2.05, 4.69) is 4.98 Å². The summed E-state index contributed by atoms with van der Waals surface area (Å²) in [6, 6.07) is 9.41. The van der Waals surface area contributed by atoms with Gasteiger partial charge in [0.05, 0.1) is 11.3 Å². The van der Waals surface area contributed by atoms with E-state index in [4.69, 9.17) is 5.73 Å². The summed E-state index contributed by atoms with van der Waals surface area (Å²) in [7, 11) is 0. The van der Waals surface area contributed by atoms with E-state index < -0.39 is 5.91 Å². The number of pyridine rings is 1. The molecule has 0 aliphatic carbocycles. The Labute approximate surface area is 91.7 Å². The summed E-state index contributed by atoms with van der Waals surface area (Å²) in [6.07, 6.45) is 1.34. The third kappa shape index (κ3) is 1.91. The maximum atomic E-state index is 13.4. The van der Waals surface area contributed by atoms with Crippen LogP contribution >= 0.6 is 0 Å². The van der Waals surface area contributed by atoms with Crippen molar-refractivity contribution in [2.24, 2.45) is 5.73 Å². The predicted molar refractivity (Wildman–Crippen MR) is 58.1 cm³/mol. The number of amides is 1. The van der Waals surface area contributed by atoms with Crippen LogP contribution in [-0.2, 0) is 0 Å². The third-order valence-corrected chi connectivity index (χ3v) is 2.20. The minimum atomic E-state index is -0.549. The number of hydrogen-bond acceptors (Lipinski definition) is 2. The van der Waals surface area contributed by atoms with E-state index in [1.54, 1.807) is 24.3 Å². The molecule has 0 spiro atoms. The number of carbonyl (C=O) groups is 1. The van der Waals surface area contributed by atoms with Crippen molar-refractivity contribution in [3.63, 3.8) is 0 Å². The molecule has 0 aliphatic heterocycles. The fourth-order valence-corrected chi connectivity index (χ4v) is 1.37. The summed E-state index contributed by atoms with van der Waals surface area (Å²) in [4.78, 5) is 14.8. The number of benzene rings is 1. The topological polar surface area (TPSA) is 56.0 Å². The number of halogens is 1. The average Bonchev–Trinajstić information content (AvgIpc) is 2.30. The highest BCUT2D eigenvalue weighted by Gasteiger charge is 2.06. The van der Waals surface area contributed by atoms with Gasteiger partial charge in [-0.2, -0.15) is 0 Å². The van der Waals surface area contributed by atoms with E-state index in [1.807, 2.05) is 0 Å². The van der Waals surface area contributed by atoms with E-state index in [-0.39, 0.29) is 5.82 Å². The summed E-state index contributed by atoms with van der Waals surface area (Å²) in [5, 5.41) is 0. The second-order valence-corrected chi connectivity index (χ2v) is 3.28. The minimum absolute atomic E-state index is 0.306. The van der Waals surface area contributed by atoms with E-state index in [1.165, 1.54) is 18.3 Å². The quantitative estimate of drug-likeness (QED) is 0.834.